The number of nitrogens with one attached hydrogen (secondary N) is 1. The maximum atomic E-state index is 11.5. The first-order chi connectivity index (χ1) is 13.6. The van der Waals surface area contributed by atoms with Crippen molar-refractivity contribution in [1.29, 1.82) is 0 Å². The Morgan fingerprint density at radius 2 is 1.38 bits per heavy atom. The molecule has 0 unspecified atom stereocenters. The van der Waals surface area contributed by atoms with Crippen LogP contribution >= 0.6 is 11.6 Å². The van der Waals surface area contributed by atoms with Crippen molar-refractivity contribution in [1.82, 2.24) is 19.9 Å². The summed E-state index contributed by atoms with van der Waals surface area (Å²) >= 11 is 5.52. The molecule has 0 aliphatic heterocycles. The van der Waals surface area contributed by atoms with E-state index in [4.69, 9.17) is 11.6 Å². The van der Waals surface area contributed by atoms with Gasteiger partial charge in [0.2, 0.25) is 17.1 Å². The second-order valence-corrected chi connectivity index (χ2v) is 6.35. The largest absolute Gasteiger partial charge is 0.464 e. The van der Waals surface area contributed by atoms with E-state index in [-0.39, 0.29) is 34.4 Å². The number of carbonyl (C=O) groups excluding carboxylic acids is 3. The van der Waals surface area contributed by atoms with E-state index in [0.717, 1.165) is 0 Å². The summed E-state index contributed by atoms with van der Waals surface area (Å²) in [5.74, 6) is -1.34. The summed E-state index contributed by atoms with van der Waals surface area (Å²) in [7, 11) is 2.56. The Labute approximate surface area is 173 Å². The van der Waals surface area contributed by atoms with Crippen LogP contribution in [0.5, 0.6) is 0 Å². The van der Waals surface area contributed by atoms with Gasteiger partial charge in [-0.1, -0.05) is 13.8 Å². The fourth-order valence-corrected chi connectivity index (χ4v) is 2.05. The number of esters is 2. The van der Waals surface area contributed by atoms with Gasteiger partial charge in [0.05, 0.1) is 14.2 Å². The molecule has 1 N–H and O–H groups in total. The summed E-state index contributed by atoms with van der Waals surface area (Å²) in [6.07, 6.45) is 0. The van der Waals surface area contributed by atoms with E-state index in [9.17, 15) is 14.4 Å². The van der Waals surface area contributed by atoms with Crippen molar-refractivity contribution in [2.24, 2.45) is 5.92 Å². The Kier molecular flexibility index (Phi) is 9.07. The molecule has 156 valence electrons. The van der Waals surface area contributed by atoms with Crippen LogP contribution in [0.25, 0.3) is 0 Å². The molecule has 0 aliphatic rings. The van der Waals surface area contributed by atoms with Gasteiger partial charge >= 0.3 is 11.9 Å². The summed E-state index contributed by atoms with van der Waals surface area (Å²) in [5, 5.41) is 2.58. The number of halogens is 1. The number of methoxy groups -OCH3 is 2. The Hall–Kier alpha value is -3.14. The molecule has 11 heteroatoms. The van der Waals surface area contributed by atoms with Gasteiger partial charge in [-0.05, 0) is 37.6 Å². The number of aryl methyl sites for hydroxylation is 2. The van der Waals surface area contributed by atoms with Gasteiger partial charge < -0.3 is 9.47 Å². The van der Waals surface area contributed by atoms with Crippen molar-refractivity contribution < 1.29 is 23.9 Å². The molecule has 0 aliphatic carbocycles. The van der Waals surface area contributed by atoms with Crippen LogP contribution in [0.1, 0.15) is 46.2 Å². The van der Waals surface area contributed by atoms with Gasteiger partial charge in [0.1, 0.15) is 0 Å². The van der Waals surface area contributed by atoms with Crippen LogP contribution in [-0.2, 0) is 14.3 Å². The standard InChI is InChI=1S/C11H15N3O3.C7H7ClN2O2/c1-6(2)9(15)14-11-12-7(3)5-8(13-11)10(16)17-4;1-4-3-5(6(11)12-2)10-7(8)9-4/h5-6H,1-4H3,(H,12,13,14,15);3H,1-2H3. The molecule has 29 heavy (non-hydrogen) atoms. The highest BCUT2D eigenvalue weighted by atomic mass is 35.5. The van der Waals surface area contributed by atoms with Gasteiger partial charge in [0.25, 0.3) is 0 Å². The molecule has 0 aromatic carbocycles. The van der Waals surface area contributed by atoms with Crippen molar-refractivity contribution in [2.45, 2.75) is 27.7 Å². The number of anilines is 1. The number of hydrogen-bond acceptors (Lipinski definition) is 9. The summed E-state index contributed by atoms with van der Waals surface area (Å²) in [6.45, 7) is 6.94. The van der Waals surface area contributed by atoms with Crippen LogP contribution in [0.3, 0.4) is 0 Å². The number of aromatic nitrogens is 4. The number of rotatable bonds is 4. The van der Waals surface area contributed by atoms with Crippen LogP contribution in [0.15, 0.2) is 12.1 Å². The monoisotopic (exact) mass is 423 g/mol. The number of nitrogens with zero attached hydrogens (tertiary/aromatic N) is 4. The molecule has 1 amide bonds. The predicted molar refractivity (Wildman–Crippen MR) is 105 cm³/mol. The molecule has 2 aromatic rings. The van der Waals surface area contributed by atoms with Crippen LogP contribution in [0, 0.1) is 19.8 Å². The number of ether oxygens (including phenoxy) is 2. The SMILES string of the molecule is COC(=O)c1cc(C)nc(Cl)n1.COC(=O)c1cc(C)nc(NC(=O)C(C)C)n1. The molecule has 2 rings (SSSR count). The summed E-state index contributed by atoms with van der Waals surface area (Å²) in [4.78, 5) is 49.1. The van der Waals surface area contributed by atoms with Crippen molar-refractivity contribution in [3.8, 4) is 0 Å². The molecule has 0 fully saturated rings. The number of carbonyl (C=O) groups is 3. The lowest BCUT2D eigenvalue weighted by Gasteiger charge is -2.07. The van der Waals surface area contributed by atoms with E-state index in [1.807, 2.05) is 0 Å². The molecule has 0 atom stereocenters. The molecule has 2 heterocycles. The zero-order valence-corrected chi connectivity index (χ0v) is 17.7. The summed E-state index contributed by atoms with van der Waals surface area (Å²) in [6, 6.07) is 3.01. The highest BCUT2D eigenvalue weighted by Crippen LogP contribution is 2.08. The van der Waals surface area contributed by atoms with E-state index in [0.29, 0.717) is 11.4 Å². The van der Waals surface area contributed by atoms with Gasteiger partial charge in [0.15, 0.2) is 11.4 Å². The predicted octanol–water partition coefficient (Wildman–Crippen LogP) is 2.39. The van der Waals surface area contributed by atoms with Crippen molar-refractivity contribution >= 4 is 35.4 Å². The summed E-state index contributed by atoms with van der Waals surface area (Å²) in [5.41, 5.74) is 1.52. The molecule has 0 saturated carbocycles. The minimum atomic E-state index is -0.560. The van der Waals surface area contributed by atoms with Gasteiger partial charge in [-0.25, -0.2) is 29.5 Å². The van der Waals surface area contributed by atoms with Gasteiger partial charge in [-0.15, -0.1) is 0 Å². The first-order valence-electron chi connectivity index (χ1n) is 8.41. The van der Waals surface area contributed by atoms with E-state index in [1.165, 1.54) is 26.4 Å². The van der Waals surface area contributed by atoms with Crippen molar-refractivity contribution in [3.05, 3.63) is 40.2 Å². The molecule has 0 bridgehead atoms. The van der Waals surface area contributed by atoms with Crippen LogP contribution in [-0.4, -0.2) is 52.0 Å². The Morgan fingerprint density at radius 3 is 1.83 bits per heavy atom. The fraction of sp³-hybridized carbons (Fsp3) is 0.389. The van der Waals surface area contributed by atoms with E-state index in [2.05, 4.69) is 34.7 Å². The van der Waals surface area contributed by atoms with Gasteiger partial charge in [0, 0.05) is 17.3 Å². The lowest BCUT2D eigenvalue weighted by molar-refractivity contribution is -0.118. The number of amides is 1. The molecule has 10 nitrogen and oxygen atoms in total. The number of hydrogen-bond donors (Lipinski definition) is 1. The van der Waals surface area contributed by atoms with Gasteiger partial charge in [-0.3, -0.25) is 10.1 Å². The average molecular weight is 424 g/mol. The minimum Gasteiger partial charge on any atom is -0.464 e. The van der Waals surface area contributed by atoms with Crippen LogP contribution in [0.4, 0.5) is 5.95 Å². The molecule has 0 radical (unpaired) electrons. The maximum absolute atomic E-state index is 11.5. The first kappa shape index (κ1) is 23.9. The molecule has 0 spiro atoms. The minimum absolute atomic E-state index is 0.0513. The lowest BCUT2D eigenvalue weighted by atomic mass is 10.2. The smallest absolute Gasteiger partial charge is 0.356 e. The zero-order valence-electron chi connectivity index (χ0n) is 16.9. The maximum Gasteiger partial charge on any atom is 0.356 e. The quantitative estimate of drug-likeness (QED) is 0.580. The third kappa shape index (κ3) is 7.78. The van der Waals surface area contributed by atoms with Gasteiger partial charge in [-0.2, -0.15) is 0 Å². The first-order valence-corrected chi connectivity index (χ1v) is 8.79. The Morgan fingerprint density at radius 1 is 0.897 bits per heavy atom. The second-order valence-electron chi connectivity index (χ2n) is 6.01. The molecular formula is C18H22ClN5O5. The van der Waals surface area contributed by atoms with Crippen molar-refractivity contribution in [3.63, 3.8) is 0 Å². The topological polar surface area (TPSA) is 133 Å². The second kappa shape index (κ2) is 11.0. The van der Waals surface area contributed by atoms with E-state index >= 15 is 0 Å². The molecule has 0 saturated heterocycles. The Bertz CT molecular complexity index is 884. The fourth-order valence-electron chi connectivity index (χ4n) is 1.83. The highest BCUT2D eigenvalue weighted by molar-refractivity contribution is 6.28. The van der Waals surface area contributed by atoms with E-state index in [1.54, 1.807) is 27.7 Å². The Balaban J connectivity index is 0.000000308. The zero-order chi connectivity index (χ0) is 22.1. The normalized spacial score (nSPS) is 9.93. The molecular weight excluding hydrogens is 402 g/mol. The highest BCUT2D eigenvalue weighted by Gasteiger charge is 2.13. The molecule has 2 aromatic heterocycles. The van der Waals surface area contributed by atoms with Crippen LogP contribution in [0.2, 0.25) is 5.28 Å². The summed E-state index contributed by atoms with van der Waals surface area (Å²) < 4.78 is 9.02. The van der Waals surface area contributed by atoms with Crippen LogP contribution < -0.4 is 5.32 Å². The van der Waals surface area contributed by atoms with Crippen molar-refractivity contribution in [2.75, 3.05) is 19.5 Å². The lowest BCUT2D eigenvalue weighted by Crippen LogP contribution is -2.20. The van der Waals surface area contributed by atoms with E-state index < -0.39 is 11.9 Å². The third-order valence-electron chi connectivity index (χ3n) is 3.23. The average Bonchev–Trinajstić information content (AvgIpc) is 2.65. The third-order valence-corrected chi connectivity index (χ3v) is 3.40.